The van der Waals surface area contributed by atoms with Crippen LogP contribution in [0.3, 0.4) is 0 Å². The van der Waals surface area contributed by atoms with Crippen LogP contribution in [0.25, 0.3) is 0 Å². The highest BCUT2D eigenvalue weighted by Crippen LogP contribution is 2.20. The maximum absolute atomic E-state index is 11.0. The molecule has 0 aromatic rings. The minimum Gasteiger partial charge on any atom is -0.464 e. The lowest BCUT2D eigenvalue weighted by atomic mass is 9.98. The first kappa shape index (κ1) is 17.5. The molecule has 1 atom stereocenters. The summed E-state index contributed by atoms with van der Waals surface area (Å²) < 4.78 is 4.77. The highest BCUT2D eigenvalue weighted by molar-refractivity contribution is 5.77. The zero-order valence-corrected chi connectivity index (χ0v) is 13.5. The van der Waals surface area contributed by atoms with Crippen LogP contribution < -0.4 is 0 Å². The first-order chi connectivity index (χ1) is 9.84. The van der Waals surface area contributed by atoms with Crippen LogP contribution >= 0.6 is 0 Å². The van der Waals surface area contributed by atoms with Gasteiger partial charge in [-0.2, -0.15) is 0 Å². The Morgan fingerprint density at radius 3 is 1.60 bits per heavy atom. The van der Waals surface area contributed by atoms with Crippen LogP contribution in [0.2, 0.25) is 0 Å². The largest absolute Gasteiger partial charge is 0.464 e. The van der Waals surface area contributed by atoms with Crippen LogP contribution in [0.15, 0.2) is 0 Å². The topological polar surface area (TPSA) is 26.3 Å². The van der Waals surface area contributed by atoms with E-state index in [0.717, 1.165) is 6.42 Å². The molecule has 1 saturated heterocycles. The molecule has 0 spiro atoms. The maximum Gasteiger partial charge on any atom is 0.312 e. The van der Waals surface area contributed by atoms with Crippen molar-refractivity contribution in [2.24, 2.45) is 5.92 Å². The van der Waals surface area contributed by atoms with Gasteiger partial charge in [0.25, 0.3) is 0 Å². The number of ether oxygens (including phenoxy) is 1. The van der Waals surface area contributed by atoms with E-state index in [1.54, 1.807) is 0 Å². The van der Waals surface area contributed by atoms with Gasteiger partial charge in [0.05, 0.1) is 5.92 Å². The third-order valence-corrected chi connectivity index (χ3v) is 4.42. The zero-order chi connectivity index (χ0) is 14.5. The summed E-state index contributed by atoms with van der Waals surface area (Å²) in [6.07, 6.45) is 19.1. The molecule has 1 aliphatic heterocycles. The van der Waals surface area contributed by atoms with Crippen molar-refractivity contribution < 1.29 is 9.53 Å². The number of rotatable bonds is 14. The van der Waals surface area contributed by atoms with Crippen LogP contribution in [-0.2, 0) is 9.53 Å². The van der Waals surface area contributed by atoms with E-state index in [9.17, 15) is 4.79 Å². The van der Waals surface area contributed by atoms with Crippen LogP contribution in [0, 0.1) is 5.92 Å². The monoisotopic (exact) mass is 282 g/mol. The fourth-order valence-electron chi connectivity index (χ4n) is 2.88. The average Bonchev–Trinajstić information content (AvgIpc) is 2.46. The van der Waals surface area contributed by atoms with Gasteiger partial charge < -0.3 is 4.74 Å². The van der Waals surface area contributed by atoms with Gasteiger partial charge in [-0.3, -0.25) is 4.79 Å². The van der Waals surface area contributed by atoms with E-state index in [0.29, 0.717) is 6.61 Å². The summed E-state index contributed by atoms with van der Waals surface area (Å²) in [6.45, 7) is 2.95. The molecule has 2 heteroatoms. The Morgan fingerprint density at radius 1 is 0.800 bits per heavy atom. The standard InChI is InChI=1S/C18H34O2/c1-2-3-4-5-6-7-8-9-10-11-12-13-14-15-17-16-20-18(17)19/h17H,2-16H2,1H3. The lowest BCUT2D eigenvalue weighted by molar-refractivity contribution is -0.169. The Morgan fingerprint density at radius 2 is 1.25 bits per heavy atom. The first-order valence-corrected chi connectivity index (χ1v) is 9.01. The molecule has 0 N–H and O–H groups in total. The summed E-state index contributed by atoms with van der Waals surface area (Å²) in [7, 11) is 0. The number of esters is 1. The van der Waals surface area contributed by atoms with Crippen molar-refractivity contribution in [3.05, 3.63) is 0 Å². The summed E-state index contributed by atoms with van der Waals surface area (Å²) in [5, 5.41) is 0. The van der Waals surface area contributed by atoms with Crippen LogP contribution in [-0.4, -0.2) is 12.6 Å². The zero-order valence-electron chi connectivity index (χ0n) is 13.5. The Hall–Kier alpha value is -0.530. The molecule has 0 saturated carbocycles. The van der Waals surface area contributed by atoms with E-state index in [1.807, 2.05) is 0 Å². The molecule has 1 fully saturated rings. The molecule has 0 bridgehead atoms. The number of carbonyl (C=O) groups is 1. The molecule has 0 aliphatic carbocycles. The summed E-state index contributed by atoms with van der Waals surface area (Å²) >= 11 is 0. The van der Waals surface area contributed by atoms with Crippen molar-refractivity contribution in [2.45, 2.75) is 96.8 Å². The molecule has 0 aromatic carbocycles. The van der Waals surface area contributed by atoms with Gasteiger partial charge in [-0.05, 0) is 6.42 Å². The lowest BCUT2D eigenvalue weighted by Gasteiger charge is -2.24. The second-order valence-corrected chi connectivity index (χ2v) is 6.36. The molecular formula is C18H34O2. The van der Waals surface area contributed by atoms with Gasteiger partial charge in [0, 0.05) is 0 Å². The minimum atomic E-state index is 0.0314. The summed E-state index contributed by atoms with van der Waals surface area (Å²) in [6, 6.07) is 0. The predicted molar refractivity (Wildman–Crippen MR) is 84.8 cm³/mol. The smallest absolute Gasteiger partial charge is 0.312 e. The molecule has 1 unspecified atom stereocenters. The molecular weight excluding hydrogens is 248 g/mol. The third-order valence-electron chi connectivity index (χ3n) is 4.42. The van der Waals surface area contributed by atoms with Gasteiger partial charge in [0.2, 0.25) is 0 Å². The van der Waals surface area contributed by atoms with E-state index < -0.39 is 0 Å². The van der Waals surface area contributed by atoms with Crippen LogP contribution in [0.5, 0.6) is 0 Å². The van der Waals surface area contributed by atoms with Crippen molar-refractivity contribution in [2.75, 3.05) is 6.61 Å². The highest BCUT2D eigenvalue weighted by Gasteiger charge is 2.29. The SMILES string of the molecule is CCCCCCCCCCCCCCCC1COC1=O. The molecule has 0 radical (unpaired) electrons. The second-order valence-electron chi connectivity index (χ2n) is 6.36. The maximum atomic E-state index is 11.0. The van der Waals surface area contributed by atoms with E-state index in [-0.39, 0.29) is 11.9 Å². The van der Waals surface area contributed by atoms with Gasteiger partial charge >= 0.3 is 5.97 Å². The summed E-state index contributed by atoms with van der Waals surface area (Å²) in [4.78, 5) is 11.0. The lowest BCUT2D eigenvalue weighted by Crippen LogP contribution is -2.34. The van der Waals surface area contributed by atoms with Crippen molar-refractivity contribution in [1.82, 2.24) is 0 Å². The second kappa shape index (κ2) is 12.2. The Kier molecular flexibility index (Phi) is 10.7. The van der Waals surface area contributed by atoms with Gasteiger partial charge in [0.1, 0.15) is 6.61 Å². The summed E-state index contributed by atoms with van der Waals surface area (Å²) in [5.41, 5.74) is 0. The summed E-state index contributed by atoms with van der Waals surface area (Å²) in [5.74, 6) is 0.270. The average molecular weight is 282 g/mol. The number of hydrogen-bond acceptors (Lipinski definition) is 2. The predicted octanol–water partition coefficient (Wildman–Crippen LogP) is 5.64. The molecule has 0 amide bonds. The Balaban J connectivity index is 1.67. The van der Waals surface area contributed by atoms with E-state index in [4.69, 9.17) is 4.74 Å². The Bertz CT molecular complexity index is 238. The van der Waals surface area contributed by atoms with Crippen LogP contribution in [0.1, 0.15) is 96.8 Å². The van der Waals surface area contributed by atoms with Gasteiger partial charge in [0.15, 0.2) is 0 Å². The third kappa shape index (κ3) is 8.60. The number of unbranched alkanes of at least 4 members (excludes halogenated alkanes) is 12. The fraction of sp³-hybridized carbons (Fsp3) is 0.944. The van der Waals surface area contributed by atoms with E-state index >= 15 is 0 Å². The quantitative estimate of drug-likeness (QED) is 0.304. The number of cyclic esters (lactones) is 1. The van der Waals surface area contributed by atoms with Crippen molar-refractivity contribution in [3.8, 4) is 0 Å². The van der Waals surface area contributed by atoms with Gasteiger partial charge in [-0.1, -0.05) is 90.4 Å². The molecule has 0 aromatic heterocycles. The van der Waals surface area contributed by atoms with E-state index in [2.05, 4.69) is 6.92 Å². The Labute approximate surface area is 125 Å². The highest BCUT2D eigenvalue weighted by atomic mass is 16.6. The van der Waals surface area contributed by atoms with Crippen molar-refractivity contribution in [3.63, 3.8) is 0 Å². The molecule has 20 heavy (non-hydrogen) atoms. The van der Waals surface area contributed by atoms with E-state index in [1.165, 1.54) is 83.5 Å². The number of hydrogen-bond donors (Lipinski definition) is 0. The van der Waals surface area contributed by atoms with Gasteiger partial charge in [-0.25, -0.2) is 0 Å². The van der Waals surface area contributed by atoms with Crippen molar-refractivity contribution in [1.29, 1.82) is 0 Å². The van der Waals surface area contributed by atoms with Gasteiger partial charge in [-0.15, -0.1) is 0 Å². The number of carbonyl (C=O) groups excluding carboxylic acids is 1. The normalized spacial score (nSPS) is 17.9. The molecule has 1 rings (SSSR count). The first-order valence-electron chi connectivity index (χ1n) is 9.01. The van der Waals surface area contributed by atoms with Crippen LogP contribution in [0.4, 0.5) is 0 Å². The molecule has 118 valence electrons. The fourth-order valence-corrected chi connectivity index (χ4v) is 2.88. The molecule has 1 aliphatic rings. The molecule has 2 nitrogen and oxygen atoms in total. The minimum absolute atomic E-state index is 0.0314. The molecule has 1 heterocycles. The van der Waals surface area contributed by atoms with Crippen molar-refractivity contribution >= 4 is 5.97 Å².